The molecule has 46 valence electrons. The average molecular weight is 131 g/mol. The van der Waals surface area contributed by atoms with Crippen molar-refractivity contribution in [3.8, 4) is 6.07 Å². The van der Waals surface area contributed by atoms with Gasteiger partial charge in [-0.05, 0) is 13.8 Å². The van der Waals surface area contributed by atoms with Gasteiger partial charge in [-0.15, -0.1) is 0 Å². The van der Waals surface area contributed by atoms with E-state index in [-0.39, 0.29) is 0 Å². The van der Waals surface area contributed by atoms with Crippen LogP contribution in [0, 0.1) is 11.3 Å². The predicted molar refractivity (Wildman–Crippen MR) is 33.8 cm³/mol. The lowest BCUT2D eigenvalue weighted by Crippen LogP contribution is -2.22. The molecule has 0 amide bonds. The summed E-state index contributed by atoms with van der Waals surface area (Å²) in [6.45, 7) is 3.31. The van der Waals surface area contributed by atoms with Gasteiger partial charge in [0.15, 0.2) is 0 Å². The fraction of sp³-hybridized carbons (Fsp3) is 0.800. The maximum absolute atomic E-state index is 10.6. The number of hydrogen-bond acceptors (Lipinski definition) is 2. The Bertz CT molecular complexity index is 145. The molecular formula is C5H9NOS. The minimum atomic E-state index is -1.04. The molecule has 0 aromatic carbocycles. The molecule has 8 heavy (non-hydrogen) atoms. The van der Waals surface area contributed by atoms with Crippen molar-refractivity contribution in [2.45, 2.75) is 18.6 Å². The van der Waals surface area contributed by atoms with E-state index >= 15 is 0 Å². The van der Waals surface area contributed by atoms with Gasteiger partial charge in [0.25, 0.3) is 0 Å². The molecule has 0 saturated carbocycles. The van der Waals surface area contributed by atoms with Crippen LogP contribution in [0.2, 0.25) is 0 Å². The van der Waals surface area contributed by atoms with Crippen molar-refractivity contribution in [1.29, 1.82) is 5.26 Å². The van der Waals surface area contributed by atoms with Crippen molar-refractivity contribution in [1.82, 2.24) is 0 Å². The summed E-state index contributed by atoms with van der Waals surface area (Å²) in [6.07, 6.45) is 1.53. The van der Waals surface area contributed by atoms with E-state index in [4.69, 9.17) is 5.26 Å². The molecule has 0 aliphatic carbocycles. The van der Waals surface area contributed by atoms with E-state index in [1.165, 1.54) is 6.26 Å². The zero-order chi connectivity index (χ0) is 6.78. The molecule has 0 unspecified atom stereocenters. The first-order chi connectivity index (χ1) is 3.50. The molecule has 0 aromatic rings. The van der Waals surface area contributed by atoms with E-state index in [9.17, 15) is 4.21 Å². The second-order valence-electron chi connectivity index (χ2n) is 2.08. The highest BCUT2D eigenvalue weighted by Crippen LogP contribution is 2.07. The van der Waals surface area contributed by atoms with Crippen LogP contribution in [-0.2, 0) is 10.8 Å². The Morgan fingerprint density at radius 3 is 2.00 bits per heavy atom. The average Bonchev–Trinajstić information content (AvgIpc) is 1.67. The third-order valence-electron chi connectivity index (χ3n) is 0.988. The van der Waals surface area contributed by atoms with Crippen LogP contribution >= 0.6 is 0 Å². The van der Waals surface area contributed by atoms with Gasteiger partial charge in [-0.3, -0.25) is 4.21 Å². The second-order valence-corrected chi connectivity index (χ2v) is 4.01. The number of nitrogens with zero attached hydrogens (tertiary/aromatic N) is 1. The predicted octanol–water partition coefficient (Wildman–Crippen LogP) is 0.667. The van der Waals surface area contributed by atoms with Crippen LogP contribution in [0.25, 0.3) is 0 Å². The maximum Gasteiger partial charge on any atom is 0.126 e. The summed E-state index contributed by atoms with van der Waals surface area (Å²) >= 11 is 0. The fourth-order valence-electron chi connectivity index (χ4n) is 0.0643. The normalized spacial score (nSPS) is 14.8. The molecule has 0 N–H and O–H groups in total. The summed E-state index contributed by atoms with van der Waals surface area (Å²) in [5.74, 6) is 0. The molecule has 0 rings (SSSR count). The maximum atomic E-state index is 10.6. The van der Waals surface area contributed by atoms with Crippen LogP contribution in [0.3, 0.4) is 0 Å². The van der Waals surface area contributed by atoms with Crippen LogP contribution in [0.1, 0.15) is 13.8 Å². The molecule has 0 aliphatic rings. The van der Waals surface area contributed by atoms with E-state index in [1.807, 2.05) is 6.07 Å². The second kappa shape index (κ2) is 2.27. The monoisotopic (exact) mass is 131 g/mol. The lowest BCUT2D eigenvalue weighted by atomic mass is 10.2. The quantitative estimate of drug-likeness (QED) is 0.524. The summed E-state index contributed by atoms with van der Waals surface area (Å²) in [5, 5.41) is 8.32. The van der Waals surface area contributed by atoms with Crippen molar-refractivity contribution < 1.29 is 4.21 Å². The van der Waals surface area contributed by atoms with Gasteiger partial charge in [-0.2, -0.15) is 5.26 Å². The summed E-state index contributed by atoms with van der Waals surface area (Å²) in [4.78, 5) is 0. The lowest BCUT2D eigenvalue weighted by molar-refractivity contribution is 0.669. The van der Waals surface area contributed by atoms with Gasteiger partial charge in [-0.1, -0.05) is 0 Å². The van der Waals surface area contributed by atoms with Crippen LogP contribution in [-0.4, -0.2) is 15.2 Å². The van der Waals surface area contributed by atoms with E-state index in [1.54, 1.807) is 13.8 Å². The molecular weight excluding hydrogens is 122 g/mol. The zero-order valence-corrected chi connectivity index (χ0v) is 6.08. The molecule has 2 nitrogen and oxygen atoms in total. The molecule has 0 spiro atoms. The SMILES string of the molecule is C[S@](=O)C(C)(C)C#N. The van der Waals surface area contributed by atoms with Crippen molar-refractivity contribution in [2.75, 3.05) is 6.26 Å². The van der Waals surface area contributed by atoms with E-state index < -0.39 is 15.5 Å². The Balaban J connectivity index is 4.19. The van der Waals surface area contributed by atoms with Gasteiger partial charge in [-0.25, -0.2) is 0 Å². The minimum absolute atomic E-state index is 0.681. The molecule has 0 radical (unpaired) electrons. The highest BCUT2D eigenvalue weighted by Gasteiger charge is 2.20. The molecule has 0 heterocycles. The minimum Gasteiger partial charge on any atom is -0.258 e. The van der Waals surface area contributed by atoms with Crippen molar-refractivity contribution in [3.63, 3.8) is 0 Å². The van der Waals surface area contributed by atoms with Crippen molar-refractivity contribution in [2.24, 2.45) is 0 Å². The summed E-state index contributed by atoms with van der Waals surface area (Å²) in [7, 11) is -1.04. The van der Waals surface area contributed by atoms with Crippen LogP contribution in [0.5, 0.6) is 0 Å². The Hall–Kier alpha value is -0.360. The van der Waals surface area contributed by atoms with Gasteiger partial charge in [0.1, 0.15) is 4.75 Å². The Kier molecular flexibility index (Phi) is 2.17. The first kappa shape index (κ1) is 7.64. The molecule has 0 bridgehead atoms. The van der Waals surface area contributed by atoms with Gasteiger partial charge >= 0.3 is 0 Å². The Morgan fingerprint density at radius 1 is 1.62 bits per heavy atom. The first-order valence-corrected chi connectivity index (χ1v) is 3.81. The first-order valence-electron chi connectivity index (χ1n) is 2.25. The van der Waals surface area contributed by atoms with Gasteiger partial charge in [0.05, 0.1) is 6.07 Å². The summed E-state index contributed by atoms with van der Waals surface area (Å²) in [5.41, 5.74) is 0. The highest BCUT2D eigenvalue weighted by atomic mass is 32.2. The van der Waals surface area contributed by atoms with Crippen LogP contribution < -0.4 is 0 Å². The molecule has 0 fully saturated rings. The lowest BCUT2D eigenvalue weighted by Gasteiger charge is -2.08. The van der Waals surface area contributed by atoms with E-state index in [0.717, 1.165) is 0 Å². The third-order valence-corrected chi connectivity index (χ3v) is 2.52. The highest BCUT2D eigenvalue weighted by molar-refractivity contribution is 7.85. The summed E-state index contributed by atoms with van der Waals surface area (Å²) in [6, 6.07) is 1.94. The zero-order valence-electron chi connectivity index (χ0n) is 5.26. The van der Waals surface area contributed by atoms with Crippen LogP contribution in [0.4, 0.5) is 0 Å². The largest absolute Gasteiger partial charge is 0.258 e. The van der Waals surface area contributed by atoms with Crippen LogP contribution in [0.15, 0.2) is 0 Å². The van der Waals surface area contributed by atoms with E-state index in [0.29, 0.717) is 0 Å². The van der Waals surface area contributed by atoms with Crippen molar-refractivity contribution >= 4 is 10.8 Å². The van der Waals surface area contributed by atoms with Gasteiger partial charge in [0.2, 0.25) is 0 Å². The molecule has 0 aromatic heterocycles. The smallest absolute Gasteiger partial charge is 0.126 e. The fourth-order valence-corrected chi connectivity index (χ4v) is 0.193. The number of nitriles is 1. The number of hydrogen-bond donors (Lipinski definition) is 0. The van der Waals surface area contributed by atoms with Crippen molar-refractivity contribution in [3.05, 3.63) is 0 Å². The third kappa shape index (κ3) is 1.63. The molecule has 0 aliphatic heterocycles. The summed E-state index contributed by atoms with van der Waals surface area (Å²) < 4.78 is 9.90. The van der Waals surface area contributed by atoms with E-state index in [2.05, 4.69) is 0 Å². The topological polar surface area (TPSA) is 40.9 Å². The van der Waals surface area contributed by atoms with Gasteiger partial charge in [0, 0.05) is 17.1 Å². The molecule has 0 saturated heterocycles. The molecule has 3 heteroatoms. The number of rotatable bonds is 1. The Labute approximate surface area is 52.0 Å². The Morgan fingerprint density at radius 2 is 2.00 bits per heavy atom. The standard InChI is InChI=1S/C5H9NOS/c1-5(2,4-6)8(3)7/h1-3H3/t8-/m0/s1. The van der Waals surface area contributed by atoms with Gasteiger partial charge < -0.3 is 0 Å². The molecule has 1 atom stereocenters.